The first-order chi connectivity index (χ1) is 17.3. The van der Waals surface area contributed by atoms with Gasteiger partial charge in [-0.15, -0.1) is 0 Å². The average molecular weight is 500 g/mol. The second-order valence-electron chi connectivity index (χ2n) is 9.28. The summed E-state index contributed by atoms with van der Waals surface area (Å²) in [4.78, 5) is 9.52. The molecule has 0 radical (unpaired) electrons. The van der Waals surface area contributed by atoms with Gasteiger partial charge in [-0.25, -0.2) is 14.4 Å². The lowest BCUT2D eigenvalue weighted by Gasteiger charge is -2.29. The van der Waals surface area contributed by atoms with Gasteiger partial charge >= 0.3 is 0 Å². The van der Waals surface area contributed by atoms with Crippen molar-refractivity contribution in [1.82, 2.24) is 20.4 Å². The lowest BCUT2D eigenvalue weighted by atomic mass is 10.0. The fraction of sp³-hybridized carbons (Fsp3) is 0.500. The molecule has 1 aliphatic rings. The zero-order chi connectivity index (χ0) is 25.8. The lowest BCUT2D eigenvalue weighted by molar-refractivity contribution is 0.0231. The van der Waals surface area contributed by atoms with Crippen LogP contribution in [0.3, 0.4) is 0 Å². The Morgan fingerprint density at radius 3 is 2.75 bits per heavy atom. The number of likely N-dealkylation sites (N-methyl/N-ethyl adjacent to an activating group) is 1. The maximum atomic E-state index is 15.1. The molecule has 0 saturated carbocycles. The average Bonchev–Trinajstić information content (AvgIpc) is 3.18. The third-order valence-electron chi connectivity index (χ3n) is 6.30. The smallest absolute Gasteiger partial charge is 0.165 e. The number of ether oxygens (including phenoxy) is 2. The minimum absolute atomic E-state index is 0.0692. The molecule has 1 saturated heterocycles. The summed E-state index contributed by atoms with van der Waals surface area (Å²) < 4.78 is 31.9. The van der Waals surface area contributed by atoms with Crippen molar-refractivity contribution in [1.29, 1.82) is 0 Å². The predicted octanol–water partition coefficient (Wildman–Crippen LogP) is 3.80. The summed E-state index contributed by atoms with van der Waals surface area (Å²) in [6.07, 6.45) is 1.13. The van der Waals surface area contributed by atoms with Crippen LogP contribution < -0.4 is 15.4 Å². The number of aromatic nitrogens is 3. The number of aliphatic hydroxyl groups excluding tert-OH is 1. The van der Waals surface area contributed by atoms with E-state index in [-0.39, 0.29) is 30.1 Å². The Balaban J connectivity index is 1.76. The van der Waals surface area contributed by atoms with E-state index in [0.29, 0.717) is 41.9 Å². The van der Waals surface area contributed by atoms with Gasteiger partial charge in [0.1, 0.15) is 35.9 Å². The molecule has 3 aromatic rings. The molecule has 194 valence electrons. The van der Waals surface area contributed by atoms with Crippen molar-refractivity contribution in [2.75, 3.05) is 32.1 Å². The maximum Gasteiger partial charge on any atom is 0.165 e. The van der Waals surface area contributed by atoms with Crippen LogP contribution in [-0.4, -0.2) is 65.3 Å². The summed E-state index contributed by atoms with van der Waals surface area (Å²) in [5, 5.41) is 20.5. The van der Waals surface area contributed by atoms with E-state index in [4.69, 9.17) is 24.0 Å². The summed E-state index contributed by atoms with van der Waals surface area (Å²) in [5.74, 6) is 1.41. The van der Waals surface area contributed by atoms with Crippen molar-refractivity contribution < 1.29 is 23.5 Å². The summed E-state index contributed by atoms with van der Waals surface area (Å²) >= 11 is 0. The summed E-state index contributed by atoms with van der Waals surface area (Å²) in [7, 11) is 1.75. The molecule has 0 spiro atoms. The van der Waals surface area contributed by atoms with Crippen LogP contribution in [0, 0.1) is 26.6 Å². The van der Waals surface area contributed by atoms with Gasteiger partial charge in [-0.05, 0) is 65.8 Å². The fourth-order valence-corrected chi connectivity index (χ4v) is 4.42. The molecule has 1 aromatic carbocycles. The number of hydrogen-bond donors (Lipinski definition) is 3. The van der Waals surface area contributed by atoms with Crippen LogP contribution in [0.15, 0.2) is 22.7 Å². The van der Waals surface area contributed by atoms with Crippen LogP contribution in [0.4, 0.5) is 10.2 Å². The quantitative estimate of drug-likeness (QED) is 0.404. The van der Waals surface area contributed by atoms with E-state index in [1.54, 1.807) is 13.1 Å². The standard InChI is InChI=1S/C26H34FN5O4/c1-14-10-18(8-9-34-14)29-25-15(2)24(23-16(3)32-36-17(23)4)30-26(31-25)21-11-20(6-7-22(21)27)35-13-19(33)12-28-5/h6-7,11,14,18-19,28,33H,8-10,12-13H2,1-5H3,(H,29,30,31). The highest BCUT2D eigenvalue weighted by Gasteiger charge is 2.25. The van der Waals surface area contributed by atoms with E-state index >= 15 is 4.39 Å². The van der Waals surface area contributed by atoms with Crippen LogP contribution in [0.2, 0.25) is 0 Å². The lowest BCUT2D eigenvalue weighted by Crippen LogP contribution is -2.33. The minimum Gasteiger partial charge on any atom is -0.491 e. The Morgan fingerprint density at radius 2 is 2.06 bits per heavy atom. The topological polar surface area (TPSA) is 115 Å². The molecule has 3 N–H and O–H groups in total. The molecule has 2 aromatic heterocycles. The fourth-order valence-electron chi connectivity index (χ4n) is 4.42. The molecule has 0 aliphatic carbocycles. The molecular formula is C26H34FN5O4. The number of rotatable bonds is 9. The third kappa shape index (κ3) is 5.83. The molecule has 1 aliphatic heterocycles. The Morgan fingerprint density at radius 1 is 1.25 bits per heavy atom. The summed E-state index contributed by atoms with van der Waals surface area (Å²) in [5.41, 5.74) is 3.13. The zero-order valence-corrected chi connectivity index (χ0v) is 21.4. The van der Waals surface area contributed by atoms with E-state index in [1.165, 1.54) is 12.1 Å². The number of benzene rings is 1. The van der Waals surface area contributed by atoms with Gasteiger partial charge in [-0.2, -0.15) is 0 Å². The normalized spacial score (nSPS) is 18.8. The van der Waals surface area contributed by atoms with Crippen LogP contribution in [0.25, 0.3) is 22.6 Å². The van der Waals surface area contributed by atoms with Gasteiger partial charge in [0.2, 0.25) is 0 Å². The van der Waals surface area contributed by atoms with Crippen molar-refractivity contribution in [2.24, 2.45) is 0 Å². The molecule has 0 amide bonds. The first kappa shape index (κ1) is 26.0. The van der Waals surface area contributed by atoms with Gasteiger partial charge in [-0.3, -0.25) is 0 Å². The molecule has 3 unspecified atom stereocenters. The molecule has 0 bridgehead atoms. The number of nitrogens with one attached hydrogen (secondary N) is 2. The van der Waals surface area contributed by atoms with E-state index < -0.39 is 11.9 Å². The van der Waals surface area contributed by atoms with Crippen LogP contribution in [0.1, 0.15) is 36.8 Å². The first-order valence-corrected chi connectivity index (χ1v) is 12.2. The maximum absolute atomic E-state index is 15.1. The van der Waals surface area contributed by atoms with Crippen LogP contribution in [0.5, 0.6) is 5.75 Å². The Bertz CT molecular complexity index is 1180. The molecule has 10 heteroatoms. The Kier molecular flexibility index (Phi) is 8.17. The highest BCUT2D eigenvalue weighted by molar-refractivity contribution is 5.74. The van der Waals surface area contributed by atoms with E-state index in [0.717, 1.165) is 24.0 Å². The van der Waals surface area contributed by atoms with E-state index in [9.17, 15) is 5.11 Å². The Labute approximate surface area is 210 Å². The third-order valence-corrected chi connectivity index (χ3v) is 6.30. The number of hydrogen-bond acceptors (Lipinski definition) is 9. The van der Waals surface area contributed by atoms with Gasteiger partial charge < -0.3 is 29.7 Å². The molecule has 3 heterocycles. The van der Waals surface area contributed by atoms with Crippen molar-refractivity contribution in [3.63, 3.8) is 0 Å². The molecule has 3 atom stereocenters. The van der Waals surface area contributed by atoms with Crippen molar-refractivity contribution in [3.05, 3.63) is 41.0 Å². The number of aliphatic hydroxyl groups is 1. The molecule has 36 heavy (non-hydrogen) atoms. The monoisotopic (exact) mass is 499 g/mol. The number of anilines is 1. The minimum atomic E-state index is -0.692. The van der Waals surface area contributed by atoms with Crippen LogP contribution in [-0.2, 0) is 4.74 Å². The van der Waals surface area contributed by atoms with Gasteiger partial charge in [0.15, 0.2) is 5.82 Å². The zero-order valence-electron chi connectivity index (χ0n) is 21.4. The SMILES string of the molecule is CNCC(O)COc1ccc(F)c(-c2nc(NC3CCOC(C)C3)c(C)c(-c3c(C)noc3C)n2)c1. The van der Waals surface area contributed by atoms with Crippen LogP contribution >= 0.6 is 0 Å². The first-order valence-electron chi connectivity index (χ1n) is 12.2. The molecular weight excluding hydrogens is 465 g/mol. The molecule has 9 nitrogen and oxygen atoms in total. The van der Waals surface area contributed by atoms with Gasteiger partial charge in [0.25, 0.3) is 0 Å². The number of aryl methyl sites for hydroxylation is 2. The molecule has 4 rings (SSSR count). The summed E-state index contributed by atoms with van der Waals surface area (Å²) in [6.45, 7) is 8.79. The highest BCUT2D eigenvalue weighted by atomic mass is 19.1. The molecule has 1 fully saturated rings. The largest absolute Gasteiger partial charge is 0.491 e. The highest BCUT2D eigenvalue weighted by Crippen LogP contribution is 2.35. The van der Waals surface area contributed by atoms with E-state index in [1.807, 2.05) is 20.8 Å². The number of nitrogens with zero attached hydrogens (tertiary/aromatic N) is 3. The summed E-state index contributed by atoms with van der Waals surface area (Å²) in [6, 6.07) is 4.57. The van der Waals surface area contributed by atoms with Gasteiger partial charge in [0, 0.05) is 24.8 Å². The second kappa shape index (κ2) is 11.3. The van der Waals surface area contributed by atoms with Gasteiger partial charge in [-0.1, -0.05) is 5.16 Å². The van der Waals surface area contributed by atoms with E-state index in [2.05, 4.69) is 22.7 Å². The van der Waals surface area contributed by atoms with Crippen molar-refractivity contribution >= 4 is 5.82 Å². The van der Waals surface area contributed by atoms with Crippen molar-refractivity contribution in [3.8, 4) is 28.4 Å². The van der Waals surface area contributed by atoms with Gasteiger partial charge in [0.05, 0.1) is 28.6 Å². The Hall–Kier alpha value is -3.08. The van der Waals surface area contributed by atoms with Crippen molar-refractivity contribution in [2.45, 2.75) is 58.8 Å². The predicted molar refractivity (Wildman–Crippen MR) is 135 cm³/mol. The second-order valence-corrected chi connectivity index (χ2v) is 9.28. The number of halogens is 1.